The van der Waals surface area contributed by atoms with Crippen molar-refractivity contribution in [1.29, 1.82) is 0 Å². The zero-order chi connectivity index (χ0) is 14.4. The van der Waals surface area contributed by atoms with Gasteiger partial charge in [-0.2, -0.15) is 0 Å². The summed E-state index contributed by atoms with van der Waals surface area (Å²) in [6.07, 6.45) is 2.27. The summed E-state index contributed by atoms with van der Waals surface area (Å²) < 4.78 is 5.39. The third kappa shape index (κ3) is 3.75. The summed E-state index contributed by atoms with van der Waals surface area (Å²) in [5.74, 6) is 0.839. The van der Waals surface area contributed by atoms with Crippen molar-refractivity contribution < 1.29 is 4.74 Å². The van der Waals surface area contributed by atoms with Crippen molar-refractivity contribution in [1.82, 2.24) is 5.32 Å². The molecule has 0 bridgehead atoms. The van der Waals surface area contributed by atoms with E-state index in [4.69, 9.17) is 16.3 Å². The molecule has 1 N–H and O–H groups in total. The molecule has 1 heterocycles. The SMILES string of the molecule is CCCC(NCc1c(Cl)cccc1OC)c1cccs1. The lowest BCUT2D eigenvalue weighted by Crippen LogP contribution is -2.20. The second-order valence-electron chi connectivity index (χ2n) is 4.66. The van der Waals surface area contributed by atoms with E-state index >= 15 is 0 Å². The summed E-state index contributed by atoms with van der Waals surface area (Å²) in [6, 6.07) is 10.4. The first kappa shape index (κ1) is 15.4. The number of ether oxygens (including phenoxy) is 1. The van der Waals surface area contributed by atoms with E-state index in [1.165, 1.54) is 4.88 Å². The van der Waals surface area contributed by atoms with Crippen molar-refractivity contribution in [3.63, 3.8) is 0 Å². The van der Waals surface area contributed by atoms with Gasteiger partial charge < -0.3 is 10.1 Å². The average molecular weight is 310 g/mol. The predicted molar refractivity (Wildman–Crippen MR) is 86.8 cm³/mol. The molecule has 108 valence electrons. The molecule has 0 saturated carbocycles. The maximum absolute atomic E-state index is 6.28. The van der Waals surface area contributed by atoms with Crippen LogP contribution >= 0.6 is 22.9 Å². The molecule has 1 unspecified atom stereocenters. The van der Waals surface area contributed by atoms with Gasteiger partial charge in [0.25, 0.3) is 0 Å². The molecule has 0 aliphatic carbocycles. The third-order valence-corrected chi connectivity index (χ3v) is 4.63. The minimum absolute atomic E-state index is 0.376. The van der Waals surface area contributed by atoms with Gasteiger partial charge in [-0.3, -0.25) is 0 Å². The summed E-state index contributed by atoms with van der Waals surface area (Å²) in [7, 11) is 1.68. The van der Waals surface area contributed by atoms with Crippen molar-refractivity contribution in [3.8, 4) is 5.75 Å². The fraction of sp³-hybridized carbons (Fsp3) is 0.375. The highest BCUT2D eigenvalue weighted by molar-refractivity contribution is 7.10. The highest BCUT2D eigenvalue weighted by atomic mass is 35.5. The Kier molecular flexibility index (Phi) is 5.89. The molecule has 4 heteroatoms. The van der Waals surface area contributed by atoms with E-state index in [1.807, 2.05) is 18.2 Å². The van der Waals surface area contributed by atoms with E-state index in [2.05, 4.69) is 29.8 Å². The van der Waals surface area contributed by atoms with Gasteiger partial charge in [-0.05, 0) is 30.0 Å². The highest BCUT2D eigenvalue weighted by Gasteiger charge is 2.13. The number of hydrogen-bond donors (Lipinski definition) is 1. The van der Waals surface area contributed by atoms with Crippen LogP contribution in [0.15, 0.2) is 35.7 Å². The monoisotopic (exact) mass is 309 g/mol. The Morgan fingerprint density at radius 3 is 2.80 bits per heavy atom. The van der Waals surface area contributed by atoms with Crippen LogP contribution in [0, 0.1) is 0 Å². The fourth-order valence-electron chi connectivity index (χ4n) is 2.25. The molecule has 2 nitrogen and oxygen atoms in total. The maximum Gasteiger partial charge on any atom is 0.124 e. The number of thiophene rings is 1. The Labute approximate surface area is 129 Å². The normalized spacial score (nSPS) is 12.3. The molecule has 1 atom stereocenters. The van der Waals surface area contributed by atoms with Crippen molar-refractivity contribution in [3.05, 3.63) is 51.2 Å². The van der Waals surface area contributed by atoms with E-state index in [9.17, 15) is 0 Å². The predicted octanol–water partition coefficient (Wildman–Crippen LogP) is 5.04. The van der Waals surface area contributed by atoms with Crippen molar-refractivity contribution >= 4 is 22.9 Å². The molecule has 0 amide bonds. The first-order valence-corrected chi connectivity index (χ1v) is 8.10. The van der Waals surface area contributed by atoms with E-state index in [0.717, 1.165) is 29.2 Å². The van der Waals surface area contributed by atoms with E-state index < -0.39 is 0 Å². The Morgan fingerprint density at radius 1 is 1.30 bits per heavy atom. The molecule has 0 aliphatic rings. The first-order chi connectivity index (χ1) is 9.76. The van der Waals surface area contributed by atoms with E-state index in [0.29, 0.717) is 12.6 Å². The van der Waals surface area contributed by atoms with Crippen LogP contribution in [-0.4, -0.2) is 7.11 Å². The minimum atomic E-state index is 0.376. The van der Waals surface area contributed by atoms with Gasteiger partial charge in [-0.1, -0.05) is 37.1 Å². The summed E-state index contributed by atoms with van der Waals surface area (Å²) in [6.45, 7) is 2.92. The van der Waals surface area contributed by atoms with Crippen LogP contribution in [0.2, 0.25) is 5.02 Å². The second kappa shape index (κ2) is 7.67. The molecule has 2 rings (SSSR count). The van der Waals surface area contributed by atoms with Gasteiger partial charge in [0, 0.05) is 28.0 Å². The van der Waals surface area contributed by atoms with Crippen molar-refractivity contribution in [2.75, 3.05) is 7.11 Å². The van der Waals surface area contributed by atoms with Crippen LogP contribution in [0.1, 0.15) is 36.2 Å². The van der Waals surface area contributed by atoms with Gasteiger partial charge in [0.2, 0.25) is 0 Å². The van der Waals surface area contributed by atoms with Gasteiger partial charge in [-0.25, -0.2) is 0 Å². The Hall–Kier alpha value is -1.03. The molecule has 0 fully saturated rings. The lowest BCUT2D eigenvalue weighted by molar-refractivity contribution is 0.404. The zero-order valence-electron chi connectivity index (χ0n) is 11.9. The number of hydrogen-bond acceptors (Lipinski definition) is 3. The quantitative estimate of drug-likeness (QED) is 0.773. The van der Waals surface area contributed by atoms with Gasteiger partial charge in [-0.15, -0.1) is 11.3 Å². The zero-order valence-corrected chi connectivity index (χ0v) is 13.4. The fourth-order valence-corrected chi connectivity index (χ4v) is 3.32. The standard InChI is InChI=1S/C16H20ClNOS/c1-3-6-14(16-9-5-10-20-16)18-11-12-13(17)7-4-8-15(12)19-2/h4-5,7-10,14,18H,3,6,11H2,1-2H3. The minimum Gasteiger partial charge on any atom is -0.496 e. The van der Waals surface area contributed by atoms with E-state index in [1.54, 1.807) is 18.4 Å². The van der Waals surface area contributed by atoms with E-state index in [-0.39, 0.29) is 0 Å². The van der Waals surface area contributed by atoms with Crippen LogP contribution in [0.25, 0.3) is 0 Å². The summed E-state index contributed by atoms with van der Waals surface area (Å²) in [5, 5.41) is 6.47. The number of nitrogens with one attached hydrogen (secondary N) is 1. The van der Waals surface area contributed by atoms with Gasteiger partial charge in [0.05, 0.1) is 7.11 Å². The number of methoxy groups -OCH3 is 1. The lowest BCUT2D eigenvalue weighted by Gasteiger charge is -2.18. The number of benzene rings is 1. The Balaban J connectivity index is 2.10. The molecule has 1 aromatic carbocycles. The molecule has 20 heavy (non-hydrogen) atoms. The molecule has 0 saturated heterocycles. The van der Waals surface area contributed by atoms with Gasteiger partial charge >= 0.3 is 0 Å². The van der Waals surface area contributed by atoms with Gasteiger partial charge in [0.1, 0.15) is 5.75 Å². The van der Waals surface area contributed by atoms with Crippen LogP contribution in [0.5, 0.6) is 5.75 Å². The summed E-state index contributed by atoms with van der Waals surface area (Å²) >= 11 is 8.07. The van der Waals surface area contributed by atoms with Crippen LogP contribution in [-0.2, 0) is 6.54 Å². The molecule has 1 aromatic heterocycles. The lowest BCUT2D eigenvalue weighted by atomic mass is 10.1. The molecule has 0 spiro atoms. The topological polar surface area (TPSA) is 21.3 Å². The van der Waals surface area contributed by atoms with Crippen molar-refractivity contribution in [2.24, 2.45) is 0 Å². The largest absolute Gasteiger partial charge is 0.496 e. The molecular formula is C16H20ClNOS. The van der Waals surface area contributed by atoms with Gasteiger partial charge in [0.15, 0.2) is 0 Å². The molecule has 0 radical (unpaired) electrons. The average Bonchev–Trinajstić information content (AvgIpc) is 2.98. The van der Waals surface area contributed by atoms with Crippen LogP contribution in [0.3, 0.4) is 0 Å². The first-order valence-electron chi connectivity index (χ1n) is 6.84. The number of rotatable bonds is 7. The highest BCUT2D eigenvalue weighted by Crippen LogP contribution is 2.28. The number of halogens is 1. The Morgan fingerprint density at radius 2 is 2.15 bits per heavy atom. The summed E-state index contributed by atoms with van der Waals surface area (Å²) in [5.41, 5.74) is 1.02. The van der Waals surface area contributed by atoms with Crippen molar-refractivity contribution in [2.45, 2.75) is 32.4 Å². The van der Waals surface area contributed by atoms with Crippen LogP contribution < -0.4 is 10.1 Å². The smallest absolute Gasteiger partial charge is 0.124 e. The molecular weight excluding hydrogens is 290 g/mol. The third-order valence-electron chi connectivity index (χ3n) is 3.29. The summed E-state index contributed by atoms with van der Waals surface area (Å²) in [4.78, 5) is 1.37. The van der Waals surface area contributed by atoms with Crippen LogP contribution in [0.4, 0.5) is 0 Å². The maximum atomic E-state index is 6.28. The molecule has 0 aliphatic heterocycles. The Bertz CT molecular complexity index is 527. The second-order valence-corrected chi connectivity index (χ2v) is 6.04. The molecule has 2 aromatic rings.